The van der Waals surface area contributed by atoms with E-state index in [1.165, 1.54) is 11.1 Å². The summed E-state index contributed by atoms with van der Waals surface area (Å²) < 4.78 is 50.4. The molecule has 1 fully saturated rings. The van der Waals surface area contributed by atoms with Crippen LogP contribution in [-0.4, -0.2) is 132 Å². The second kappa shape index (κ2) is 23.7. The molecule has 0 aliphatic carbocycles. The van der Waals surface area contributed by atoms with Crippen molar-refractivity contribution in [2.45, 2.75) is 96.3 Å². The molecule has 12 heteroatoms. The van der Waals surface area contributed by atoms with Crippen LogP contribution in [0.3, 0.4) is 0 Å². The molecule has 0 spiro atoms. The fraction of sp³-hybridized carbons (Fsp3) is 0.700. The predicted octanol–water partition coefficient (Wildman–Crippen LogP) is 3.92. The highest BCUT2D eigenvalue weighted by Crippen LogP contribution is 2.24. The van der Waals surface area contributed by atoms with E-state index in [9.17, 15) is 15.3 Å². The predicted molar refractivity (Wildman–Crippen MR) is 196 cm³/mol. The molecule has 1 aliphatic heterocycles. The molecule has 52 heavy (non-hydrogen) atoms. The normalized spacial score (nSPS) is 21.1. The fourth-order valence-corrected chi connectivity index (χ4v) is 5.19. The maximum atomic E-state index is 10.4. The van der Waals surface area contributed by atoms with Crippen molar-refractivity contribution in [2.24, 2.45) is 0 Å². The Bertz CT molecular complexity index is 1190. The van der Waals surface area contributed by atoms with Gasteiger partial charge in [0.25, 0.3) is 0 Å². The molecule has 12 nitrogen and oxygen atoms in total. The highest BCUT2D eigenvalue weighted by Gasteiger charge is 2.44. The summed E-state index contributed by atoms with van der Waals surface area (Å²) >= 11 is 0. The summed E-state index contributed by atoms with van der Waals surface area (Å²) in [6.07, 6.45) is -6.22. The molecule has 0 saturated carbocycles. The molecule has 5 unspecified atom stereocenters. The monoisotopic (exact) mass is 736 g/mol. The molecule has 2 aromatic carbocycles. The molecule has 1 heterocycles. The number of hydrogen-bond donors (Lipinski definition) is 3. The zero-order valence-electron chi connectivity index (χ0n) is 32.1. The minimum absolute atomic E-state index is 0.0119. The summed E-state index contributed by atoms with van der Waals surface area (Å²) in [5, 5.41) is 31.0. The summed E-state index contributed by atoms with van der Waals surface area (Å²) in [6, 6.07) is 16.9. The first-order chi connectivity index (χ1) is 24.9. The zero-order valence-corrected chi connectivity index (χ0v) is 32.1. The van der Waals surface area contributed by atoms with Crippen LogP contribution in [0.15, 0.2) is 48.5 Å². The second-order valence-corrected chi connectivity index (χ2v) is 14.9. The maximum absolute atomic E-state index is 10.4. The van der Waals surface area contributed by atoms with Gasteiger partial charge in [-0.05, 0) is 33.1 Å². The van der Waals surface area contributed by atoms with Gasteiger partial charge in [0.1, 0.15) is 24.4 Å². The first-order valence-electron chi connectivity index (χ1n) is 18.4. The third kappa shape index (κ3) is 17.0. The average Bonchev–Trinajstić information content (AvgIpc) is 3.11. The third-order valence-electron chi connectivity index (χ3n) is 8.50. The maximum Gasteiger partial charge on any atom is 0.186 e. The molecular weight excluding hydrogens is 672 g/mol. The SMILES string of the molecule is CC(C)(C)c1ccc(COCCOCCOCCOCC2OC(OCCOCCOCCOCc3ccc(C(C)(C)C)cc3)C(O)C(O)C2O)cc1. The summed E-state index contributed by atoms with van der Waals surface area (Å²) in [7, 11) is 0. The van der Waals surface area contributed by atoms with Crippen LogP contribution in [0.1, 0.15) is 63.8 Å². The van der Waals surface area contributed by atoms with Crippen molar-refractivity contribution in [2.75, 3.05) is 85.9 Å². The Morgan fingerprint density at radius 2 is 0.827 bits per heavy atom. The van der Waals surface area contributed by atoms with Crippen LogP contribution in [0.4, 0.5) is 0 Å². The minimum Gasteiger partial charge on any atom is -0.387 e. The number of benzene rings is 2. The Balaban J connectivity index is 1.13. The summed E-state index contributed by atoms with van der Waals surface area (Å²) in [4.78, 5) is 0. The Kier molecular flexibility index (Phi) is 20.2. The van der Waals surface area contributed by atoms with Gasteiger partial charge in [-0.25, -0.2) is 0 Å². The average molecular weight is 737 g/mol. The smallest absolute Gasteiger partial charge is 0.186 e. The molecule has 0 amide bonds. The van der Waals surface area contributed by atoms with Crippen molar-refractivity contribution in [3.05, 3.63) is 70.8 Å². The first kappa shape index (κ1) is 44.4. The largest absolute Gasteiger partial charge is 0.387 e. The lowest BCUT2D eigenvalue weighted by molar-refractivity contribution is -0.304. The number of rotatable bonds is 25. The van der Waals surface area contributed by atoms with E-state index in [4.69, 9.17) is 42.6 Å². The van der Waals surface area contributed by atoms with E-state index < -0.39 is 30.7 Å². The lowest BCUT2D eigenvalue weighted by Gasteiger charge is -2.40. The lowest BCUT2D eigenvalue weighted by Crippen LogP contribution is -2.59. The molecule has 0 radical (unpaired) electrons. The standard InChI is InChI=1S/C40H64O12/c1-39(2,3)32-11-7-30(8-12-32)27-48-22-19-44-15-16-46-21-24-50-29-34-35(41)36(42)37(43)38(52-34)51-26-25-47-18-17-45-20-23-49-28-31-9-13-33(14-10-31)40(4,5)6/h7-14,34-38,41-43H,15-29H2,1-6H3. The lowest BCUT2D eigenvalue weighted by atomic mass is 9.87. The van der Waals surface area contributed by atoms with Gasteiger partial charge in [-0.2, -0.15) is 0 Å². The first-order valence-corrected chi connectivity index (χ1v) is 18.4. The van der Waals surface area contributed by atoms with Gasteiger partial charge in [0.15, 0.2) is 6.29 Å². The topological polar surface area (TPSA) is 144 Å². The van der Waals surface area contributed by atoms with Crippen molar-refractivity contribution in [3.8, 4) is 0 Å². The summed E-state index contributed by atoms with van der Waals surface area (Å²) in [5.41, 5.74) is 5.11. The molecule has 3 N–H and O–H groups in total. The number of ether oxygens (including phenoxy) is 9. The van der Waals surface area contributed by atoms with Crippen LogP contribution in [0, 0.1) is 0 Å². The van der Waals surface area contributed by atoms with Crippen molar-refractivity contribution < 1.29 is 58.0 Å². The van der Waals surface area contributed by atoms with E-state index >= 15 is 0 Å². The van der Waals surface area contributed by atoms with Crippen LogP contribution in [0.25, 0.3) is 0 Å². The van der Waals surface area contributed by atoms with Gasteiger partial charge in [-0.15, -0.1) is 0 Å². The van der Waals surface area contributed by atoms with Gasteiger partial charge >= 0.3 is 0 Å². The minimum atomic E-state index is -1.45. The van der Waals surface area contributed by atoms with Gasteiger partial charge in [0.2, 0.25) is 0 Å². The van der Waals surface area contributed by atoms with Gasteiger partial charge < -0.3 is 58.0 Å². The molecular formula is C40H64O12. The summed E-state index contributed by atoms with van der Waals surface area (Å²) in [6.45, 7) is 18.6. The molecule has 3 rings (SSSR count). The Hall–Kier alpha value is -2.04. The Labute approximate surface area is 310 Å². The molecule has 1 aliphatic rings. The van der Waals surface area contributed by atoms with Crippen molar-refractivity contribution in [1.82, 2.24) is 0 Å². The molecule has 0 aromatic heterocycles. The quantitative estimate of drug-likeness (QED) is 0.127. The van der Waals surface area contributed by atoms with E-state index in [1.54, 1.807) is 0 Å². The van der Waals surface area contributed by atoms with Crippen LogP contribution < -0.4 is 0 Å². The highest BCUT2D eigenvalue weighted by atomic mass is 16.7. The van der Waals surface area contributed by atoms with E-state index in [0.29, 0.717) is 72.7 Å². The van der Waals surface area contributed by atoms with Gasteiger partial charge in [-0.1, -0.05) is 90.1 Å². The van der Waals surface area contributed by atoms with Crippen LogP contribution in [-0.2, 0) is 66.7 Å². The van der Waals surface area contributed by atoms with Gasteiger partial charge in [0.05, 0.1) is 99.1 Å². The van der Waals surface area contributed by atoms with Crippen molar-refractivity contribution in [1.29, 1.82) is 0 Å². The Morgan fingerprint density at radius 1 is 0.462 bits per heavy atom. The van der Waals surface area contributed by atoms with E-state index in [1.807, 2.05) is 0 Å². The van der Waals surface area contributed by atoms with Crippen LogP contribution in [0.2, 0.25) is 0 Å². The Morgan fingerprint density at radius 3 is 1.23 bits per heavy atom. The molecule has 5 atom stereocenters. The highest BCUT2D eigenvalue weighted by molar-refractivity contribution is 5.28. The van der Waals surface area contributed by atoms with E-state index in [0.717, 1.165) is 11.1 Å². The second-order valence-electron chi connectivity index (χ2n) is 14.9. The number of aliphatic hydroxyl groups excluding tert-OH is 3. The van der Waals surface area contributed by atoms with Crippen LogP contribution in [0.5, 0.6) is 0 Å². The van der Waals surface area contributed by atoms with Crippen LogP contribution >= 0.6 is 0 Å². The zero-order chi connectivity index (χ0) is 37.8. The van der Waals surface area contributed by atoms with Gasteiger partial charge in [-0.3, -0.25) is 0 Å². The molecule has 0 bridgehead atoms. The fourth-order valence-electron chi connectivity index (χ4n) is 5.19. The van der Waals surface area contributed by atoms with Gasteiger partial charge in [0, 0.05) is 0 Å². The number of aliphatic hydroxyl groups is 3. The van der Waals surface area contributed by atoms with E-state index in [-0.39, 0.29) is 37.3 Å². The van der Waals surface area contributed by atoms with E-state index in [2.05, 4.69) is 90.1 Å². The van der Waals surface area contributed by atoms with Crippen molar-refractivity contribution in [3.63, 3.8) is 0 Å². The number of hydrogen-bond acceptors (Lipinski definition) is 12. The third-order valence-corrected chi connectivity index (χ3v) is 8.50. The van der Waals surface area contributed by atoms with Crippen molar-refractivity contribution >= 4 is 0 Å². The molecule has 2 aromatic rings. The molecule has 296 valence electrons. The molecule has 1 saturated heterocycles. The summed E-state index contributed by atoms with van der Waals surface area (Å²) in [5.74, 6) is 0.